The van der Waals surface area contributed by atoms with E-state index in [9.17, 15) is 0 Å². The molecule has 1 aliphatic carbocycles. The molecule has 21 heavy (non-hydrogen) atoms. The molecule has 0 saturated heterocycles. The van der Waals surface area contributed by atoms with E-state index in [0.717, 1.165) is 22.5 Å². The first-order valence-electron chi connectivity index (χ1n) is 7.96. The van der Waals surface area contributed by atoms with Crippen molar-refractivity contribution in [2.45, 2.75) is 70.3 Å². The smallest absolute Gasteiger partial charge is 0.188 e. The summed E-state index contributed by atoms with van der Waals surface area (Å²) in [6.07, 6.45) is 3.82. The first-order valence-corrected chi connectivity index (χ1v) is 8.83. The van der Waals surface area contributed by atoms with Crippen LogP contribution in [0.1, 0.15) is 51.4 Å². The maximum Gasteiger partial charge on any atom is 0.188 e. The normalized spacial score (nSPS) is 26.9. The summed E-state index contributed by atoms with van der Waals surface area (Å²) in [4.78, 5) is 9.22. The van der Waals surface area contributed by atoms with Crippen molar-refractivity contribution in [1.29, 1.82) is 0 Å². The molecule has 0 aliphatic heterocycles. The molecule has 1 N–H and O–H groups in total. The van der Waals surface area contributed by atoms with Crippen molar-refractivity contribution in [2.75, 3.05) is 7.05 Å². The maximum atomic E-state index is 4.61. The standard InChI is InChI=1S/C17H29N3S/c1-11-9-12(2)20-16(19-11)21-15-10-13(17(3,4)5)7-8-14(15)18-6/h9,13-15,18H,7-8,10H2,1-6H3. The first kappa shape index (κ1) is 16.8. The van der Waals surface area contributed by atoms with Crippen LogP contribution < -0.4 is 5.32 Å². The Morgan fingerprint density at radius 3 is 2.29 bits per heavy atom. The quantitative estimate of drug-likeness (QED) is 0.857. The van der Waals surface area contributed by atoms with E-state index in [0.29, 0.717) is 16.7 Å². The summed E-state index contributed by atoms with van der Waals surface area (Å²) in [5.41, 5.74) is 2.52. The highest BCUT2D eigenvalue weighted by Gasteiger charge is 2.36. The van der Waals surface area contributed by atoms with Crippen molar-refractivity contribution < 1.29 is 0 Å². The van der Waals surface area contributed by atoms with Crippen molar-refractivity contribution >= 4 is 11.8 Å². The molecule has 1 saturated carbocycles. The number of aromatic nitrogens is 2. The molecule has 1 aromatic heterocycles. The van der Waals surface area contributed by atoms with Crippen molar-refractivity contribution in [3.8, 4) is 0 Å². The molecule has 3 unspecified atom stereocenters. The molecule has 1 aromatic rings. The lowest BCUT2D eigenvalue weighted by Crippen LogP contribution is -2.43. The largest absolute Gasteiger partial charge is 0.316 e. The van der Waals surface area contributed by atoms with Crippen LogP contribution in [0.2, 0.25) is 0 Å². The van der Waals surface area contributed by atoms with Gasteiger partial charge in [0.15, 0.2) is 5.16 Å². The molecule has 0 spiro atoms. The van der Waals surface area contributed by atoms with E-state index in [-0.39, 0.29) is 0 Å². The second kappa shape index (κ2) is 6.66. The van der Waals surface area contributed by atoms with Gasteiger partial charge >= 0.3 is 0 Å². The monoisotopic (exact) mass is 307 g/mol. The predicted molar refractivity (Wildman–Crippen MR) is 90.8 cm³/mol. The second-order valence-corrected chi connectivity index (χ2v) is 8.57. The Labute approximate surface area is 133 Å². The lowest BCUT2D eigenvalue weighted by Gasteiger charge is -2.41. The van der Waals surface area contributed by atoms with Crippen molar-refractivity contribution in [3.63, 3.8) is 0 Å². The number of thioether (sulfide) groups is 1. The van der Waals surface area contributed by atoms with E-state index in [4.69, 9.17) is 0 Å². The third kappa shape index (κ3) is 4.43. The minimum absolute atomic E-state index is 0.390. The number of rotatable bonds is 3. The van der Waals surface area contributed by atoms with Gasteiger partial charge in [0.25, 0.3) is 0 Å². The van der Waals surface area contributed by atoms with Crippen LogP contribution in [0, 0.1) is 25.2 Å². The van der Waals surface area contributed by atoms with Gasteiger partial charge in [-0.25, -0.2) is 9.97 Å². The van der Waals surface area contributed by atoms with Crippen LogP contribution in [0.3, 0.4) is 0 Å². The van der Waals surface area contributed by atoms with E-state index in [2.05, 4.69) is 43.1 Å². The Morgan fingerprint density at radius 1 is 1.14 bits per heavy atom. The van der Waals surface area contributed by atoms with Gasteiger partial charge in [0.2, 0.25) is 0 Å². The van der Waals surface area contributed by atoms with Gasteiger partial charge < -0.3 is 5.32 Å². The molecule has 0 amide bonds. The van der Waals surface area contributed by atoms with Crippen molar-refractivity contribution in [1.82, 2.24) is 15.3 Å². The van der Waals surface area contributed by atoms with Crippen LogP contribution in [0.4, 0.5) is 0 Å². The van der Waals surface area contributed by atoms with Gasteiger partial charge in [-0.3, -0.25) is 0 Å². The molecule has 3 nitrogen and oxygen atoms in total. The molecular formula is C17H29N3S. The van der Waals surface area contributed by atoms with Gasteiger partial charge in [0.05, 0.1) is 0 Å². The lowest BCUT2D eigenvalue weighted by atomic mass is 9.71. The Balaban J connectivity index is 2.14. The number of nitrogens with zero attached hydrogens (tertiary/aromatic N) is 2. The molecular weight excluding hydrogens is 278 g/mol. The average molecular weight is 308 g/mol. The van der Waals surface area contributed by atoms with Crippen LogP contribution in [0.25, 0.3) is 0 Å². The lowest BCUT2D eigenvalue weighted by molar-refractivity contribution is 0.167. The zero-order valence-electron chi connectivity index (χ0n) is 14.2. The predicted octanol–water partition coefficient (Wildman–Crippen LogP) is 3.99. The molecule has 2 rings (SSSR count). The summed E-state index contributed by atoms with van der Waals surface area (Å²) in [7, 11) is 2.08. The van der Waals surface area contributed by atoms with Crippen molar-refractivity contribution in [2.24, 2.45) is 11.3 Å². The second-order valence-electron chi connectivity index (χ2n) is 7.36. The number of aryl methyl sites for hydroxylation is 2. The fraction of sp³-hybridized carbons (Fsp3) is 0.765. The van der Waals surface area contributed by atoms with Gasteiger partial charge in [0, 0.05) is 22.7 Å². The fourth-order valence-electron chi connectivity index (χ4n) is 3.26. The van der Waals surface area contributed by atoms with E-state index < -0.39 is 0 Å². The van der Waals surface area contributed by atoms with Gasteiger partial charge in [-0.2, -0.15) is 0 Å². The highest BCUT2D eigenvalue weighted by Crippen LogP contribution is 2.42. The van der Waals surface area contributed by atoms with E-state index in [1.807, 2.05) is 31.7 Å². The summed E-state index contributed by atoms with van der Waals surface area (Å²) < 4.78 is 0. The minimum Gasteiger partial charge on any atom is -0.316 e. The van der Waals surface area contributed by atoms with Gasteiger partial charge in [0.1, 0.15) is 0 Å². The molecule has 118 valence electrons. The Kier molecular flexibility index (Phi) is 5.31. The molecule has 4 heteroatoms. The molecule has 1 fully saturated rings. The molecule has 0 aromatic carbocycles. The van der Waals surface area contributed by atoms with Crippen LogP contribution in [0.15, 0.2) is 11.2 Å². The van der Waals surface area contributed by atoms with Crippen LogP contribution in [0.5, 0.6) is 0 Å². The third-order valence-corrected chi connectivity index (χ3v) is 5.82. The van der Waals surface area contributed by atoms with Gasteiger partial charge in [-0.15, -0.1) is 0 Å². The SMILES string of the molecule is CNC1CCC(C(C)(C)C)CC1Sc1nc(C)cc(C)n1. The zero-order chi connectivity index (χ0) is 15.6. The summed E-state index contributed by atoms with van der Waals surface area (Å²) in [6, 6.07) is 2.61. The highest BCUT2D eigenvalue weighted by molar-refractivity contribution is 7.99. The average Bonchev–Trinajstić information content (AvgIpc) is 2.36. The topological polar surface area (TPSA) is 37.8 Å². The maximum absolute atomic E-state index is 4.61. The Bertz CT molecular complexity index is 461. The number of nitrogens with one attached hydrogen (secondary N) is 1. The molecule has 0 bridgehead atoms. The van der Waals surface area contributed by atoms with Crippen LogP contribution >= 0.6 is 11.8 Å². The van der Waals surface area contributed by atoms with Gasteiger partial charge in [-0.1, -0.05) is 32.5 Å². The van der Waals surface area contributed by atoms with Gasteiger partial charge in [-0.05, 0) is 57.6 Å². The summed E-state index contributed by atoms with van der Waals surface area (Å²) in [5, 5.41) is 5.00. The number of hydrogen-bond acceptors (Lipinski definition) is 4. The fourth-order valence-corrected chi connectivity index (χ4v) is 4.69. The molecule has 0 radical (unpaired) electrons. The Hall–Kier alpha value is -0.610. The van der Waals surface area contributed by atoms with E-state index in [1.165, 1.54) is 19.3 Å². The number of hydrogen-bond donors (Lipinski definition) is 1. The molecule has 1 heterocycles. The van der Waals surface area contributed by atoms with Crippen LogP contribution in [-0.2, 0) is 0 Å². The molecule has 3 atom stereocenters. The zero-order valence-corrected chi connectivity index (χ0v) is 15.0. The van der Waals surface area contributed by atoms with Crippen molar-refractivity contribution in [3.05, 3.63) is 17.5 Å². The third-order valence-electron chi connectivity index (χ3n) is 4.61. The minimum atomic E-state index is 0.390. The molecule has 1 aliphatic rings. The van der Waals surface area contributed by atoms with E-state index in [1.54, 1.807) is 0 Å². The van der Waals surface area contributed by atoms with Crippen LogP contribution in [-0.4, -0.2) is 28.3 Å². The summed E-state index contributed by atoms with van der Waals surface area (Å²) in [5.74, 6) is 0.783. The van der Waals surface area contributed by atoms with E-state index >= 15 is 0 Å². The first-order chi connectivity index (χ1) is 9.79. The Morgan fingerprint density at radius 2 is 1.76 bits per heavy atom. The summed E-state index contributed by atoms with van der Waals surface area (Å²) in [6.45, 7) is 11.2. The summed E-state index contributed by atoms with van der Waals surface area (Å²) >= 11 is 1.86. The highest BCUT2D eigenvalue weighted by atomic mass is 32.2.